The minimum absolute atomic E-state index is 0.0570. The highest BCUT2D eigenvalue weighted by Crippen LogP contribution is 2.67. The van der Waals surface area contributed by atoms with Crippen LogP contribution in [0.15, 0.2) is 48.5 Å². The number of carbonyl (C=O) groups is 1. The van der Waals surface area contributed by atoms with Gasteiger partial charge in [-0.15, -0.1) is 0 Å². The van der Waals surface area contributed by atoms with Gasteiger partial charge in [0.05, 0.1) is 23.6 Å². The molecule has 5 atom stereocenters. The zero-order chi connectivity index (χ0) is 21.9. The lowest BCUT2D eigenvalue weighted by Crippen LogP contribution is -2.53. The van der Waals surface area contributed by atoms with E-state index in [0.717, 1.165) is 25.7 Å². The number of halogens is 1. The standard InChI is InChI=1S/C27H29BrO4/c1-26-12-11-21-20-10-8-19(32-25(29)17-5-3-2-4-6-17)15-18(20)7-9-22(21)23(26)16-24(28)27(26)30-13-14-31-27/h2-6,8,10,15,21-24H,7,9,11-14,16H2,1H3/t21?,22?,23?,24?,26-/m0/s1. The summed E-state index contributed by atoms with van der Waals surface area (Å²) in [6, 6.07) is 15.5. The number of rotatable bonds is 2. The van der Waals surface area contributed by atoms with E-state index in [4.69, 9.17) is 14.2 Å². The van der Waals surface area contributed by atoms with Gasteiger partial charge in [-0.05, 0) is 85.3 Å². The van der Waals surface area contributed by atoms with Gasteiger partial charge >= 0.3 is 5.97 Å². The van der Waals surface area contributed by atoms with Gasteiger partial charge < -0.3 is 14.2 Å². The Labute approximate surface area is 197 Å². The SMILES string of the molecule is C[C@]12CCC3c4ccc(OC(=O)c5ccccc5)cc4CCC3C1CC(Br)C21OCCO1. The second-order valence-electron chi connectivity index (χ2n) is 10.1. The summed E-state index contributed by atoms with van der Waals surface area (Å²) in [6.07, 6.45) is 5.58. The zero-order valence-corrected chi connectivity index (χ0v) is 20.0. The molecule has 0 radical (unpaired) electrons. The van der Waals surface area contributed by atoms with Crippen LogP contribution in [-0.2, 0) is 15.9 Å². The molecule has 1 spiro atoms. The predicted molar refractivity (Wildman–Crippen MR) is 125 cm³/mol. The predicted octanol–water partition coefficient (Wildman–Crippen LogP) is 5.88. The number of esters is 1. The molecular weight excluding hydrogens is 468 g/mol. The van der Waals surface area contributed by atoms with E-state index < -0.39 is 5.79 Å². The second-order valence-corrected chi connectivity index (χ2v) is 11.2. The monoisotopic (exact) mass is 496 g/mol. The van der Waals surface area contributed by atoms with Gasteiger partial charge in [0.15, 0.2) is 5.79 Å². The summed E-state index contributed by atoms with van der Waals surface area (Å²) >= 11 is 3.95. The van der Waals surface area contributed by atoms with Crippen LogP contribution in [0.1, 0.15) is 60.0 Å². The van der Waals surface area contributed by atoms with E-state index in [1.54, 1.807) is 12.1 Å². The van der Waals surface area contributed by atoms with Crippen LogP contribution in [-0.4, -0.2) is 29.8 Å². The summed E-state index contributed by atoms with van der Waals surface area (Å²) in [5.41, 5.74) is 3.42. The summed E-state index contributed by atoms with van der Waals surface area (Å²) in [5.74, 6) is 1.68. The molecule has 2 aromatic rings. The minimum atomic E-state index is -0.460. The Morgan fingerprint density at radius 3 is 2.66 bits per heavy atom. The van der Waals surface area contributed by atoms with Gasteiger partial charge in [0, 0.05) is 5.41 Å². The normalized spacial score (nSPS) is 34.6. The molecule has 1 heterocycles. The van der Waals surface area contributed by atoms with Crippen LogP contribution in [0.25, 0.3) is 0 Å². The Morgan fingerprint density at radius 1 is 1.09 bits per heavy atom. The molecule has 1 aliphatic heterocycles. The first-order valence-electron chi connectivity index (χ1n) is 11.8. The molecule has 168 valence electrons. The molecule has 1 saturated heterocycles. The van der Waals surface area contributed by atoms with Gasteiger partial charge in [0.25, 0.3) is 0 Å². The van der Waals surface area contributed by atoms with Crippen LogP contribution in [0, 0.1) is 17.3 Å². The first kappa shape index (κ1) is 20.9. The number of benzene rings is 2. The summed E-state index contributed by atoms with van der Waals surface area (Å²) in [5, 5.41) is 0. The smallest absolute Gasteiger partial charge is 0.343 e. The third kappa shape index (κ3) is 2.97. The highest BCUT2D eigenvalue weighted by Gasteiger charge is 2.68. The van der Waals surface area contributed by atoms with Crippen LogP contribution in [0.2, 0.25) is 0 Å². The van der Waals surface area contributed by atoms with Crippen molar-refractivity contribution in [3.8, 4) is 5.75 Å². The summed E-state index contributed by atoms with van der Waals surface area (Å²) in [6.45, 7) is 3.81. The lowest BCUT2D eigenvalue weighted by molar-refractivity contribution is -0.233. The van der Waals surface area contributed by atoms with E-state index in [0.29, 0.717) is 42.3 Å². The highest BCUT2D eigenvalue weighted by atomic mass is 79.9. The number of fused-ring (bicyclic) bond motifs is 6. The van der Waals surface area contributed by atoms with Gasteiger partial charge in [-0.25, -0.2) is 4.79 Å². The van der Waals surface area contributed by atoms with Crippen LogP contribution >= 0.6 is 15.9 Å². The van der Waals surface area contributed by atoms with Crippen molar-refractivity contribution in [2.45, 2.75) is 55.6 Å². The molecule has 3 fully saturated rings. The Kier molecular flexibility index (Phi) is 5.01. The number of hydrogen-bond acceptors (Lipinski definition) is 4. The van der Waals surface area contributed by atoms with Crippen LogP contribution in [0.3, 0.4) is 0 Å². The Bertz CT molecular complexity index is 1030. The van der Waals surface area contributed by atoms with E-state index in [2.05, 4.69) is 35.0 Å². The summed E-state index contributed by atoms with van der Waals surface area (Å²) in [7, 11) is 0. The minimum Gasteiger partial charge on any atom is -0.423 e. The number of carbonyl (C=O) groups excluding carboxylic acids is 1. The molecule has 3 aliphatic carbocycles. The number of ether oxygens (including phenoxy) is 3. The van der Waals surface area contributed by atoms with Crippen molar-refractivity contribution >= 4 is 21.9 Å². The van der Waals surface area contributed by atoms with Gasteiger partial charge in [0.1, 0.15) is 5.75 Å². The maximum atomic E-state index is 12.5. The quantitative estimate of drug-likeness (QED) is 0.296. The van der Waals surface area contributed by atoms with E-state index in [1.807, 2.05) is 24.3 Å². The summed E-state index contributed by atoms with van der Waals surface area (Å²) < 4.78 is 18.3. The first-order chi connectivity index (χ1) is 15.5. The maximum Gasteiger partial charge on any atom is 0.343 e. The molecule has 0 N–H and O–H groups in total. The molecule has 0 bridgehead atoms. The fourth-order valence-corrected chi connectivity index (χ4v) is 8.41. The van der Waals surface area contributed by atoms with Crippen molar-refractivity contribution < 1.29 is 19.0 Å². The van der Waals surface area contributed by atoms with E-state index in [1.165, 1.54) is 17.5 Å². The molecule has 4 aliphatic rings. The number of hydrogen-bond donors (Lipinski definition) is 0. The van der Waals surface area contributed by atoms with Crippen molar-refractivity contribution in [2.75, 3.05) is 13.2 Å². The third-order valence-electron chi connectivity index (χ3n) is 8.69. The second kappa shape index (κ2) is 7.68. The van der Waals surface area contributed by atoms with Crippen molar-refractivity contribution in [1.82, 2.24) is 0 Å². The molecule has 0 amide bonds. The van der Waals surface area contributed by atoms with Crippen molar-refractivity contribution in [3.63, 3.8) is 0 Å². The number of aryl methyl sites for hydroxylation is 1. The number of alkyl halides is 1. The van der Waals surface area contributed by atoms with Gasteiger partial charge in [-0.3, -0.25) is 0 Å². The summed E-state index contributed by atoms with van der Waals surface area (Å²) in [4.78, 5) is 12.7. The van der Waals surface area contributed by atoms with E-state index in [-0.39, 0.29) is 16.2 Å². The molecule has 0 aromatic heterocycles. The molecule has 5 heteroatoms. The fraction of sp³-hybridized carbons (Fsp3) is 0.519. The molecule has 32 heavy (non-hydrogen) atoms. The van der Waals surface area contributed by atoms with Crippen molar-refractivity contribution in [3.05, 3.63) is 65.2 Å². The average molecular weight is 497 g/mol. The van der Waals surface area contributed by atoms with Crippen LogP contribution in [0.5, 0.6) is 5.75 Å². The molecule has 2 aromatic carbocycles. The Hall–Kier alpha value is -1.69. The van der Waals surface area contributed by atoms with Crippen LogP contribution in [0.4, 0.5) is 0 Å². The Balaban J connectivity index is 1.25. The lowest BCUT2D eigenvalue weighted by atomic mass is 9.55. The Morgan fingerprint density at radius 2 is 1.88 bits per heavy atom. The molecule has 4 unspecified atom stereocenters. The third-order valence-corrected chi connectivity index (χ3v) is 9.67. The molecule has 2 saturated carbocycles. The largest absolute Gasteiger partial charge is 0.423 e. The lowest BCUT2D eigenvalue weighted by Gasteiger charge is -2.52. The fourth-order valence-electron chi connectivity index (χ4n) is 7.22. The topological polar surface area (TPSA) is 44.8 Å². The van der Waals surface area contributed by atoms with Crippen molar-refractivity contribution in [1.29, 1.82) is 0 Å². The molecule has 6 rings (SSSR count). The zero-order valence-electron chi connectivity index (χ0n) is 18.4. The van der Waals surface area contributed by atoms with Crippen LogP contribution < -0.4 is 4.74 Å². The molecular formula is C27H29BrO4. The highest BCUT2D eigenvalue weighted by molar-refractivity contribution is 9.09. The van der Waals surface area contributed by atoms with E-state index >= 15 is 0 Å². The first-order valence-corrected chi connectivity index (χ1v) is 12.8. The van der Waals surface area contributed by atoms with Gasteiger partial charge in [0.2, 0.25) is 0 Å². The van der Waals surface area contributed by atoms with Gasteiger partial charge in [-0.1, -0.05) is 47.1 Å². The van der Waals surface area contributed by atoms with E-state index in [9.17, 15) is 4.79 Å². The van der Waals surface area contributed by atoms with Crippen molar-refractivity contribution in [2.24, 2.45) is 17.3 Å². The molecule has 4 nitrogen and oxygen atoms in total. The van der Waals surface area contributed by atoms with Gasteiger partial charge in [-0.2, -0.15) is 0 Å². The maximum absolute atomic E-state index is 12.5. The average Bonchev–Trinajstić information content (AvgIpc) is 3.40.